The van der Waals surface area contributed by atoms with E-state index in [4.69, 9.17) is 5.73 Å². The maximum absolute atomic E-state index is 12.9. The predicted octanol–water partition coefficient (Wildman–Crippen LogP) is 4.21. The van der Waals surface area contributed by atoms with Crippen LogP contribution in [0.3, 0.4) is 0 Å². The van der Waals surface area contributed by atoms with Crippen LogP contribution in [0.15, 0.2) is 66.2 Å². The number of nitrogens with zero attached hydrogens (tertiary/aromatic N) is 2. The molecule has 2 aromatic heterocycles. The van der Waals surface area contributed by atoms with Crippen molar-refractivity contribution in [1.29, 1.82) is 0 Å². The van der Waals surface area contributed by atoms with Crippen molar-refractivity contribution in [2.75, 3.05) is 42.1 Å². The topological polar surface area (TPSA) is 83.3 Å². The average Bonchev–Trinajstić information content (AvgIpc) is 3.35. The number of hydrogen-bond donors (Lipinski definition) is 3. The van der Waals surface area contributed by atoms with Gasteiger partial charge < -0.3 is 21.3 Å². The molecule has 1 aliphatic rings. The number of aromatic nitrogens is 1. The van der Waals surface area contributed by atoms with Gasteiger partial charge in [0.2, 0.25) is 0 Å². The molecule has 6 nitrogen and oxygen atoms in total. The summed E-state index contributed by atoms with van der Waals surface area (Å²) in [5, 5.41) is 10.3. The highest BCUT2D eigenvalue weighted by Gasteiger charge is 2.14. The Labute approximate surface area is 184 Å². The second-order valence-electron chi connectivity index (χ2n) is 7.57. The second kappa shape index (κ2) is 8.37. The van der Waals surface area contributed by atoms with Gasteiger partial charge in [0.1, 0.15) is 5.69 Å². The summed E-state index contributed by atoms with van der Waals surface area (Å²) in [5.41, 5.74) is 9.79. The van der Waals surface area contributed by atoms with Crippen molar-refractivity contribution < 1.29 is 4.79 Å². The lowest BCUT2D eigenvalue weighted by atomic mass is 10.1. The summed E-state index contributed by atoms with van der Waals surface area (Å²) >= 11 is 1.65. The quantitative estimate of drug-likeness (QED) is 0.423. The fraction of sp³-hybridized carbons (Fsp3) is 0.167. The molecule has 0 unspecified atom stereocenters. The third-order valence-electron chi connectivity index (χ3n) is 5.53. The fourth-order valence-corrected chi connectivity index (χ4v) is 4.54. The van der Waals surface area contributed by atoms with Gasteiger partial charge >= 0.3 is 0 Å². The minimum absolute atomic E-state index is 0.275. The van der Waals surface area contributed by atoms with E-state index in [-0.39, 0.29) is 5.91 Å². The summed E-state index contributed by atoms with van der Waals surface area (Å²) in [6.07, 6.45) is 1.77. The Bertz CT molecular complexity index is 1230. The highest BCUT2D eigenvalue weighted by Crippen LogP contribution is 2.30. The Morgan fingerprint density at radius 1 is 1.06 bits per heavy atom. The van der Waals surface area contributed by atoms with Crippen LogP contribution < -0.4 is 21.3 Å². The molecule has 0 bridgehead atoms. The summed E-state index contributed by atoms with van der Waals surface area (Å²) in [6, 6.07) is 17.8. The second-order valence-corrected chi connectivity index (χ2v) is 8.52. The SMILES string of the molecule is Nc1ccc(-c2cccs2)cc1NC(=O)c1cc2ccc(N3CCNCC3)cc2cn1. The van der Waals surface area contributed by atoms with Gasteiger partial charge in [-0.3, -0.25) is 9.78 Å². The first-order valence-electron chi connectivity index (χ1n) is 10.3. The van der Waals surface area contributed by atoms with Crippen molar-refractivity contribution in [1.82, 2.24) is 10.3 Å². The number of nitrogens with two attached hydrogens (primary N) is 1. The molecule has 1 saturated heterocycles. The zero-order chi connectivity index (χ0) is 21.2. The number of nitrogens with one attached hydrogen (secondary N) is 2. The number of nitrogen functional groups attached to an aromatic ring is 1. The number of thiophene rings is 1. The molecule has 4 N–H and O–H groups in total. The monoisotopic (exact) mass is 429 g/mol. The van der Waals surface area contributed by atoms with E-state index in [0.717, 1.165) is 47.4 Å². The van der Waals surface area contributed by atoms with Crippen LogP contribution in [0.4, 0.5) is 17.1 Å². The number of piperazine rings is 1. The van der Waals surface area contributed by atoms with Crippen molar-refractivity contribution in [2.45, 2.75) is 0 Å². The normalized spacial score (nSPS) is 14.0. The van der Waals surface area contributed by atoms with Crippen LogP contribution in [-0.2, 0) is 0 Å². The Morgan fingerprint density at radius 2 is 1.94 bits per heavy atom. The van der Waals surface area contributed by atoms with Crippen LogP contribution in [0.2, 0.25) is 0 Å². The molecule has 4 aromatic rings. The third-order valence-corrected chi connectivity index (χ3v) is 6.45. The fourth-order valence-electron chi connectivity index (χ4n) is 3.82. The van der Waals surface area contributed by atoms with E-state index in [9.17, 15) is 4.79 Å². The molecule has 2 aromatic carbocycles. The van der Waals surface area contributed by atoms with Gasteiger partial charge in [-0.25, -0.2) is 0 Å². The first-order valence-corrected chi connectivity index (χ1v) is 11.2. The zero-order valence-electron chi connectivity index (χ0n) is 17.0. The number of benzene rings is 2. The van der Waals surface area contributed by atoms with Gasteiger partial charge in [0.15, 0.2) is 0 Å². The van der Waals surface area contributed by atoms with E-state index in [1.807, 2.05) is 41.8 Å². The summed E-state index contributed by atoms with van der Waals surface area (Å²) in [5.74, 6) is -0.275. The van der Waals surface area contributed by atoms with Crippen molar-refractivity contribution in [3.8, 4) is 10.4 Å². The number of anilines is 3. The number of carbonyl (C=O) groups is 1. The van der Waals surface area contributed by atoms with Crippen LogP contribution in [0.1, 0.15) is 10.5 Å². The van der Waals surface area contributed by atoms with Crippen LogP contribution in [-0.4, -0.2) is 37.1 Å². The molecule has 0 atom stereocenters. The number of amides is 1. The molecule has 5 rings (SSSR count). The molecule has 1 aliphatic heterocycles. The van der Waals surface area contributed by atoms with Crippen LogP contribution in [0.25, 0.3) is 21.2 Å². The third kappa shape index (κ3) is 4.10. The largest absolute Gasteiger partial charge is 0.397 e. The lowest BCUT2D eigenvalue weighted by Crippen LogP contribution is -2.43. The van der Waals surface area contributed by atoms with Gasteiger partial charge in [0, 0.05) is 48.3 Å². The molecule has 156 valence electrons. The standard InChI is InChI=1S/C24H23N5OS/c25-20-6-4-17(23-2-1-11-31-23)14-21(20)28-24(30)22-13-16-3-5-19(12-18(16)15-27-22)29-9-7-26-8-10-29/h1-6,11-15,26H,7-10,25H2,(H,28,30). The van der Waals surface area contributed by atoms with Gasteiger partial charge in [-0.15, -0.1) is 11.3 Å². The maximum atomic E-state index is 12.9. The zero-order valence-corrected chi connectivity index (χ0v) is 17.8. The smallest absolute Gasteiger partial charge is 0.274 e. The molecule has 0 spiro atoms. The molecule has 3 heterocycles. The first-order chi connectivity index (χ1) is 15.2. The summed E-state index contributed by atoms with van der Waals surface area (Å²) in [7, 11) is 0. The molecule has 31 heavy (non-hydrogen) atoms. The van der Waals surface area contributed by atoms with Crippen molar-refractivity contribution in [2.24, 2.45) is 0 Å². The highest BCUT2D eigenvalue weighted by atomic mass is 32.1. The summed E-state index contributed by atoms with van der Waals surface area (Å²) in [6.45, 7) is 3.97. The average molecular weight is 430 g/mol. The summed E-state index contributed by atoms with van der Waals surface area (Å²) < 4.78 is 0. The number of pyridine rings is 1. The number of rotatable bonds is 4. The Morgan fingerprint density at radius 3 is 2.74 bits per heavy atom. The van der Waals surface area contributed by atoms with E-state index in [0.29, 0.717) is 17.1 Å². The minimum Gasteiger partial charge on any atom is -0.397 e. The Kier molecular flexibility index (Phi) is 5.28. The van der Waals surface area contributed by atoms with Crippen LogP contribution >= 0.6 is 11.3 Å². The number of hydrogen-bond acceptors (Lipinski definition) is 6. The molecular formula is C24H23N5OS. The van der Waals surface area contributed by atoms with E-state index >= 15 is 0 Å². The van der Waals surface area contributed by atoms with Crippen LogP contribution in [0, 0.1) is 0 Å². The van der Waals surface area contributed by atoms with Crippen LogP contribution in [0.5, 0.6) is 0 Å². The minimum atomic E-state index is -0.275. The molecule has 0 radical (unpaired) electrons. The molecule has 0 saturated carbocycles. The van der Waals surface area contributed by atoms with E-state index < -0.39 is 0 Å². The van der Waals surface area contributed by atoms with Gasteiger partial charge in [0.05, 0.1) is 11.4 Å². The Balaban J connectivity index is 1.38. The lowest BCUT2D eigenvalue weighted by molar-refractivity contribution is 0.102. The molecular weight excluding hydrogens is 406 g/mol. The molecule has 7 heteroatoms. The van der Waals surface area contributed by atoms with E-state index in [2.05, 4.69) is 38.7 Å². The van der Waals surface area contributed by atoms with Crippen molar-refractivity contribution in [3.63, 3.8) is 0 Å². The maximum Gasteiger partial charge on any atom is 0.274 e. The lowest BCUT2D eigenvalue weighted by Gasteiger charge is -2.29. The van der Waals surface area contributed by atoms with Gasteiger partial charge in [-0.1, -0.05) is 18.2 Å². The Hall–Kier alpha value is -3.42. The summed E-state index contributed by atoms with van der Waals surface area (Å²) in [4.78, 5) is 20.8. The first kappa shape index (κ1) is 19.5. The predicted molar refractivity (Wildman–Crippen MR) is 129 cm³/mol. The highest BCUT2D eigenvalue weighted by molar-refractivity contribution is 7.13. The van der Waals surface area contributed by atoms with E-state index in [1.165, 1.54) is 5.69 Å². The van der Waals surface area contributed by atoms with Gasteiger partial charge in [-0.2, -0.15) is 0 Å². The van der Waals surface area contributed by atoms with Gasteiger partial charge in [0.25, 0.3) is 5.91 Å². The molecule has 0 aliphatic carbocycles. The van der Waals surface area contributed by atoms with Gasteiger partial charge in [-0.05, 0) is 52.7 Å². The van der Waals surface area contributed by atoms with E-state index in [1.54, 1.807) is 17.5 Å². The van der Waals surface area contributed by atoms with Crippen molar-refractivity contribution in [3.05, 3.63) is 71.9 Å². The molecule has 1 amide bonds. The number of carbonyl (C=O) groups excluding carboxylic acids is 1. The molecule has 1 fully saturated rings. The number of fused-ring (bicyclic) bond motifs is 1. The van der Waals surface area contributed by atoms with Crippen molar-refractivity contribution >= 4 is 45.1 Å².